The van der Waals surface area contributed by atoms with Crippen LogP contribution in [0.3, 0.4) is 0 Å². The quantitative estimate of drug-likeness (QED) is 0.260. The van der Waals surface area contributed by atoms with E-state index in [1.807, 2.05) is 19.9 Å². The number of methoxy groups -OCH3 is 1. The number of rotatable bonds is 13. The Morgan fingerprint density at radius 3 is 2.57 bits per heavy atom. The van der Waals surface area contributed by atoms with E-state index in [0.29, 0.717) is 6.42 Å². The second kappa shape index (κ2) is 12.6. The first kappa shape index (κ1) is 25.1. The van der Waals surface area contributed by atoms with E-state index in [9.17, 15) is 19.4 Å². The van der Waals surface area contributed by atoms with Crippen LogP contribution < -0.4 is 0 Å². The van der Waals surface area contributed by atoms with Gasteiger partial charge < -0.3 is 14.9 Å². The van der Waals surface area contributed by atoms with Crippen LogP contribution in [0.15, 0.2) is 12.2 Å². The molecule has 0 heterocycles. The molecule has 0 spiro atoms. The lowest BCUT2D eigenvalue weighted by Gasteiger charge is -2.29. The van der Waals surface area contributed by atoms with Crippen LogP contribution in [0.1, 0.15) is 85.0 Å². The molecule has 0 saturated heterocycles. The molecule has 5 heteroatoms. The minimum atomic E-state index is -0.995. The van der Waals surface area contributed by atoms with E-state index in [2.05, 4.69) is 11.7 Å². The van der Waals surface area contributed by atoms with Crippen molar-refractivity contribution in [2.24, 2.45) is 17.3 Å². The van der Waals surface area contributed by atoms with Crippen molar-refractivity contribution in [2.75, 3.05) is 7.11 Å². The molecule has 1 aliphatic carbocycles. The van der Waals surface area contributed by atoms with Crippen molar-refractivity contribution in [2.45, 2.75) is 103 Å². The van der Waals surface area contributed by atoms with Gasteiger partial charge in [0.15, 0.2) is 0 Å². The first-order valence-electron chi connectivity index (χ1n) is 11.0. The zero-order valence-electron chi connectivity index (χ0n) is 18.2. The van der Waals surface area contributed by atoms with E-state index in [0.717, 1.165) is 51.4 Å². The van der Waals surface area contributed by atoms with Gasteiger partial charge in [-0.3, -0.25) is 4.79 Å². The molecule has 5 atom stereocenters. The number of hydrogen-bond donors (Lipinski definition) is 2. The second-order valence-corrected chi connectivity index (χ2v) is 9.01. The molecule has 0 bridgehead atoms. The number of alkyl halides is 1. The van der Waals surface area contributed by atoms with Gasteiger partial charge in [0.1, 0.15) is 6.17 Å². The Kier molecular flexibility index (Phi) is 11.3. The van der Waals surface area contributed by atoms with Gasteiger partial charge in [-0.1, -0.05) is 65.0 Å². The zero-order chi connectivity index (χ0) is 21.2. The van der Waals surface area contributed by atoms with Gasteiger partial charge >= 0.3 is 5.97 Å². The summed E-state index contributed by atoms with van der Waals surface area (Å²) in [5.74, 6) is -0.618. The van der Waals surface area contributed by atoms with Crippen LogP contribution in [0.2, 0.25) is 0 Å². The maximum absolute atomic E-state index is 14.4. The number of aliphatic hydroxyl groups excluding tert-OH is 2. The molecule has 0 aliphatic heterocycles. The Labute approximate surface area is 170 Å². The minimum absolute atomic E-state index is 0.178. The number of hydrogen-bond acceptors (Lipinski definition) is 4. The average Bonchev–Trinajstić information content (AvgIpc) is 2.93. The predicted molar refractivity (Wildman–Crippen MR) is 111 cm³/mol. The summed E-state index contributed by atoms with van der Waals surface area (Å²) in [6, 6.07) is 0. The molecule has 4 nitrogen and oxygen atoms in total. The summed E-state index contributed by atoms with van der Waals surface area (Å²) in [5, 5.41) is 20.8. The molecule has 1 fully saturated rings. The molecule has 0 unspecified atom stereocenters. The molecule has 1 saturated carbocycles. The highest BCUT2D eigenvalue weighted by molar-refractivity contribution is 5.68. The van der Waals surface area contributed by atoms with E-state index in [4.69, 9.17) is 0 Å². The lowest BCUT2D eigenvalue weighted by atomic mass is 9.80. The first-order valence-corrected chi connectivity index (χ1v) is 11.0. The molecule has 0 aromatic heterocycles. The highest BCUT2D eigenvalue weighted by atomic mass is 19.1. The minimum Gasteiger partial charge on any atom is -0.469 e. The predicted octanol–water partition coefficient (Wildman–Crippen LogP) is 4.97. The van der Waals surface area contributed by atoms with Crippen molar-refractivity contribution >= 4 is 5.97 Å². The molecule has 0 aromatic carbocycles. The van der Waals surface area contributed by atoms with Crippen molar-refractivity contribution < 1.29 is 24.1 Å². The number of carbonyl (C=O) groups excluding carboxylic acids is 1. The molecule has 164 valence electrons. The fourth-order valence-electron chi connectivity index (χ4n) is 4.11. The normalized spacial score (nSPS) is 26.7. The van der Waals surface area contributed by atoms with Crippen molar-refractivity contribution in [1.29, 1.82) is 0 Å². The summed E-state index contributed by atoms with van der Waals surface area (Å²) < 4.78 is 19.0. The molecule has 1 rings (SSSR count). The van der Waals surface area contributed by atoms with E-state index in [-0.39, 0.29) is 29.6 Å². The number of unbranched alkanes of at least 4 members (excludes halogenated alkanes) is 4. The molecule has 1 aliphatic rings. The second-order valence-electron chi connectivity index (χ2n) is 9.01. The van der Waals surface area contributed by atoms with Gasteiger partial charge in [0.05, 0.1) is 19.3 Å². The summed E-state index contributed by atoms with van der Waals surface area (Å²) in [7, 11) is 1.39. The molecule has 0 amide bonds. The Hall–Kier alpha value is -0.940. The van der Waals surface area contributed by atoms with E-state index in [1.54, 1.807) is 6.08 Å². The van der Waals surface area contributed by atoms with Gasteiger partial charge in [-0.05, 0) is 30.6 Å². The van der Waals surface area contributed by atoms with Gasteiger partial charge in [-0.25, -0.2) is 4.39 Å². The van der Waals surface area contributed by atoms with Gasteiger partial charge in [0, 0.05) is 18.8 Å². The average molecular weight is 401 g/mol. The third kappa shape index (κ3) is 8.20. The number of halogens is 1. The van der Waals surface area contributed by atoms with Crippen molar-refractivity contribution in [3.63, 3.8) is 0 Å². The largest absolute Gasteiger partial charge is 0.469 e. The standard InChI is InChI=1S/C23H41FO4/c1-5-6-15-23(2,3)21(26)14-13-18-17(19(24)16-20(18)25)11-9-7-8-10-12-22(27)28-4/h13-14,17-21,25-26H,5-12,15-16H2,1-4H3/t17-,18-,19-,20-,21-/m1/s1. The van der Waals surface area contributed by atoms with Crippen LogP contribution in [0.4, 0.5) is 4.39 Å². The lowest BCUT2D eigenvalue weighted by Crippen LogP contribution is -2.28. The lowest BCUT2D eigenvalue weighted by molar-refractivity contribution is -0.140. The van der Waals surface area contributed by atoms with Crippen LogP contribution in [-0.4, -0.2) is 41.7 Å². The molecular weight excluding hydrogens is 359 g/mol. The fourth-order valence-corrected chi connectivity index (χ4v) is 4.11. The van der Waals surface area contributed by atoms with Crippen LogP contribution in [0.5, 0.6) is 0 Å². The van der Waals surface area contributed by atoms with E-state index >= 15 is 0 Å². The van der Waals surface area contributed by atoms with E-state index < -0.39 is 18.4 Å². The van der Waals surface area contributed by atoms with Crippen LogP contribution >= 0.6 is 0 Å². The highest BCUT2D eigenvalue weighted by Gasteiger charge is 2.41. The Bertz CT molecular complexity index is 477. The van der Waals surface area contributed by atoms with Gasteiger partial charge in [0.25, 0.3) is 0 Å². The zero-order valence-corrected chi connectivity index (χ0v) is 18.2. The molecule has 2 N–H and O–H groups in total. The van der Waals surface area contributed by atoms with Crippen LogP contribution in [0.25, 0.3) is 0 Å². The summed E-state index contributed by atoms with van der Waals surface area (Å²) >= 11 is 0. The van der Waals surface area contributed by atoms with Gasteiger partial charge in [-0.2, -0.15) is 0 Å². The SMILES string of the molecule is CCCCC(C)(C)[C@H](O)C=C[C@@H]1[C@@H](CCCCCCC(=O)OC)[C@H](F)C[C@H]1O. The number of carbonyl (C=O) groups is 1. The molecule has 28 heavy (non-hydrogen) atoms. The van der Waals surface area contributed by atoms with Crippen molar-refractivity contribution in [1.82, 2.24) is 0 Å². The number of aliphatic hydroxyl groups is 2. The smallest absolute Gasteiger partial charge is 0.305 e. The third-order valence-electron chi connectivity index (χ3n) is 6.26. The fraction of sp³-hybridized carbons (Fsp3) is 0.870. The summed E-state index contributed by atoms with van der Waals surface area (Å²) in [5.41, 5.74) is -0.222. The number of ether oxygens (including phenoxy) is 1. The summed E-state index contributed by atoms with van der Waals surface area (Å²) in [6.45, 7) is 6.23. The van der Waals surface area contributed by atoms with E-state index in [1.165, 1.54) is 7.11 Å². The number of esters is 1. The monoisotopic (exact) mass is 400 g/mol. The molecular formula is C23H41FO4. The van der Waals surface area contributed by atoms with Crippen LogP contribution in [0, 0.1) is 17.3 Å². The summed E-state index contributed by atoms with van der Waals surface area (Å²) in [6.07, 6.45) is 9.32. The van der Waals surface area contributed by atoms with Crippen LogP contribution in [-0.2, 0) is 9.53 Å². The van der Waals surface area contributed by atoms with Crippen molar-refractivity contribution in [3.05, 3.63) is 12.2 Å². The topological polar surface area (TPSA) is 66.8 Å². The highest BCUT2D eigenvalue weighted by Crippen LogP contribution is 2.39. The first-order chi connectivity index (χ1) is 13.2. The van der Waals surface area contributed by atoms with Gasteiger partial charge in [-0.15, -0.1) is 0 Å². The molecule has 0 aromatic rings. The Morgan fingerprint density at radius 1 is 1.25 bits per heavy atom. The maximum Gasteiger partial charge on any atom is 0.305 e. The maximum atomic E-state index is 14.4. The summed E-state index contributed by atoms with van der Waals surface area (Å²) in [4.78, 5) is 11.1. The Balaban J connectivity index is 2.50. The Morgan fingerprint density at radius 2 is 1.93 bits per heavy atom. The van der Waals surface area contributed by atoms with Crippen molar-refractivity contribution in [3.8, 4) is 0 Å². The van der Waals surface area contributed by atoms with Gasteiger partial charge in [0.2, 0.25) is 0 Å². The third-order valence-corrected chi connectivity index (χ3v) is 6.26. The molecule has 0 radical (unpaired) electrons.